The van der Waals surface area contributed by atoms with Crippen molar-refractivity contribution in [2.75, 3.05) is 11.4 Å². The van der Waals surface area contributed by atoms with Gasteiger partial charge in [-0.1, -0.05) is 0 Å². The van der Waals surface area contributed by atoms with Gasteiger partial charge >= 0.3 is 5.97 Å². The summed E-state index contributed by atoms with van der Waals surface area (Å²) in [7, 11) is 0. The summed E-state index contributed by atoms with van der Waals surface area (Å²) in [5.74, 6) is -5.23. The topological polar surface area (TPSA) is 91.0 Å². The third-order valence-corrected chi connectivity index (χ3v) is 4.50. The predicted molar refractivity (Wildman–Crippen MR) is 87.7 cm³/mol. The average Bonchev–Trinajstić information content (AvgIpc) is 3.17. The van der Waals surface area contributed by atoms with Gasteiger partial charge in [0.15, 0.2) is 5.65 Å². The molecule has 27 heavy (non-hydrogen) atoms. The number of hydrogen-bond acceptors (Lipinski definition) is 5. The van der Waals surface area contributed by atoms with Crippen LogP contribution < -0.4 is 4.90 Å². The minimum Gasteiger partial charge on any atom is -0.508 e. The maximum Gasteiger partial charge on any atom is 0.341 e. The zero-order valence-electron chi connectivity index (χ0n) is 13.7. The lowest BCUT2D eigenvalue weighted by Crippen LogP contribution is -2.27. The molecule has 2 N–H and O–H groups in total. The Balaban J connectivity index is 1.82. The first-order chi connectivity index (χ1) is 12.7. The number of phenols is 1. The second-order valence-corrected chi connectivity index (χ2v) is 6.32. The van der Waals surface area contributed by atoms with Gasteiger partial charge in [-0.2, -0.15) is 5.10 Å². The lowest BCUT2D eigenvalue weighted by atomic mass is 10.0. The highest BCUT2D eigenvalue weighted by Gasteiger charge is 2.47. The summed E-state index contributed by atoms with van der Waals surface area (Å²) in [6.07, 6.45) is 1.88. The van der Waals surface area contributed by atoms with Crippen LogP contribution in [0.2, 0.25) is 0 Å². The highest BCUT2D eigenvalue weighted by Crippen LogP contribution is 2.45. The largest absolute Gasteiger partial charge is 0.508 e. The van der Waals surface area contributed by atoms with Gasteiger partial charge in [0.05, 0.1) is 18.8 Å². The number of benzene rings is 1. The van der Waals surface area contributed by atoms with Crippen molar-refractivity contribution in [1.82, 2.24) is 14.6 Å². The number of anilines is 1. The Bertz CT molecular complexity index is 1050. The minimum absolute atomic E-state index is 0.00238. The molecule has 140 valence electrons. The molecule has 0 saturated carbocycles. The van der Waals surface area contributed by atoms with Crippen molar-refractivity contribution in [3.63, 3.8) is 0 Å². The van der Waals surface area contributed by atoms with E-state index in [2.05, 4.69) is 10.1 Å². The molecular formula is C17H13F3N4O3. The number of alkyl halides is 2. The molecule has 10 heteroatoms. The second-order valence-electron chi connectivity index (χ2n) is 6.32. The maximum absolute atomic E-state index is 14.2. The van der Waals surface area contributed by atoms with Gasteiger partial charge in [0.2, 0.25) is 0 Å². The summed E-state index contributed by atoms with van der Waals surface area (Å²) in [5.41, 5.74) is -0.161. The number of carboxylic acids is 1. The van der Waals surface area contributed by atoms with E-state index in [-0.39, 0.29) is 28.3 Å². The number of hydrogen-bond donors (Lipinski definition) is 2. The molecule has 7 nitrogen and oxygen atoms in total. The van der Waals surface area contributed by atoms with E-state index in [0.29, 0.717) is 0 Å². The molecule has 0 amide bonds. The van der Waals surface area contributed by atoms with Gasteiger partial charge in [-0.25, -0.2) is 27.5 Å². The summed E-state index contributed by atoms with van der Waals surface area (Å²) < 4.78 is 43.1. The molecule has 0 bridgehead atoms. The van der Waals surface area contributed by atoms with Gasteiger partial charge in [0.25, 0.3) is 5.92 Å². The van der Waals surface area contributed by atoms with Crippen molar-refractivity contribution in [1.29, 1.82) is 0 Å². The number of aromatic carboxylic acids is 1. The Morgan fingerprint density at radius 1 is 1.30 bits per heavy atom. The first kappa shape index (κ1) is 17.1. The van der Waals surface area contributed by atoms with E-state index in [1.807, 2.05) is 0 Å². The Labute approximate surface area is 150 Å². The number of carbonyl (C=O) groups is 1. The molecule has 1 aliphatic rings. The van der Waals surface area contributed by atoms with E-state index in [1.165, 1.54) is 21.7 Å². The van der Waals surface area contributed by atoms with Gasteiger partial charge in [-0.3, -0.25) is 0 Å². The number of nitrogens with zero attached hydrogens (tertiary/aromatic N) is 4. The number of carboxylic acid groups (broad SMARTS) is 1. The lowest BCUT2D eigenvalue weighted by molar-refractivity contribution is 0.0222. The van der Waals surface area contributed by atoms with Crippen LogP contribution in [0, 0.1) is 5.82 Å². The molecule has 1 saturated heterocycles. The van der Waals surface area contributed by atoms with Gasteiger partial charge in [-0.05, 0) is 24.3 Å². The molecule has 4 rings (SSSR count). The van der Waals surface area contributed by atoms with Crippen LogP contribution in [0.25, 0.3) is 5.65 Å². The molecule has 0 spiro atoms. The first-order valence-corrected chi connectivity index (χ1v) is 7.96. The number of phenolic OH excluding ortho intramolecular Hbond substituents is 1. The van der Waals surface area contributed by atoms with Gasteiger partial charge < -0.3 is 15.1 Å². The van der Waals surface area contributed by atoms with Crippen LogP contribution in [0.5, 0.6) is 5.75 Å². The Morgan fingerprint density at radius 3 is 2.81 bits per heavy atom. The Morgan fingerprint density at radius 2 is 2.07 bits per heavy atom. The number of fused-ring (bicyclic) bond motifs is 1. The third-order valence-electron chi connectivity index (χ3n) is 4.50. The van der Waals surface area contributed by atoms with Crippen molar-refractivity contribution in [2.45, 2.75) is 18.4 Å². The fourth-order valence-corrected chi connectivity index (χ4v) is 3.30. The highest BCUT2D eigenvalue weighted by atomic mass is 19.3. The number of rotatable bonds is 3. The number of aromatic hydroxyl groups is 1. The lowest BCUT2D eigenvalue weighted by Gasteiger charge is -2.25. The van der Waals surface area contributed by atoms with Crippen molar-refractivity contribution >= 4 is 17.4 Å². The molecule has 3 aromatic rings. The maximum atomic E-state index is 14.2. The molecule has 2 aromatic heterocycles. The Kier molecular flexibility index (Phi) is 3.72. The quantitative estimate of drug-likeness (QED) is 0.728. The summed E-state index contributed by atoms with van der Waals surface area (Å²) in [6.45, 7) is -0.701. The van der Waals surface area contributed by atoms with Gasteiger partial charge in [0, 0.05) is 18.2 Å². The van der Waals surface area contributed by atoms with Crippen LogP contribution in [0.15, 0.2) is 36.7 Å². The first-order valence-electron chi connectivity index (χ1n) is 7.96. The zero-order valence-corrected chi connectivity index (χ0v) is 13.7. The summed E-state index contributed by atoms with van der Waals surface area (Å²) in [5, 5.41) is 23.1. The normalized spacial score (nSPS) is 18.9. The standard InChI is InChI=1S/C17H13F3N4O3/c18-9-1-2-13(25)10(5-9)12-6-17(19,20)8-23(12)14-3-4-24-15(22-14)11(7-21-24)16(26)27/h1-5,7,12,25H,6,8H2,(H,26,27). The van der Waals surface area contributed by atoms with E-state index in [1.54, 1.807) is 0 Å². The van der Waals surface area contributed by atoms with Crippen LogP contribution in [0.4, 0.5) is 19.0 Å². The summed E-state index contributed by atoms with van der Waals surface area (Å²) in [6, 6.07) is 3.54. The van der Waals surface area contributed by atoms with E-state index in [9.17, 15) is 28.2 Å². The number of aromatic nitrogens is 3. The van der Waals surface area contributed by atoms with E-state index in [4.69, 9.17) is 0 Å². The SMILES string of the molecule is O=C(O)c1cnn2ccc(N3CC(F)(F)CC3c3cc(F)ccc3O)nc12. The molecule has 1 aliphatic heterocycles. The fraction of sp³-hybridized carbons (Fsp3) is 0.235. The van der Waals surface area contributed by atoms with Crippen LogP contribution in [-0.4, -0.2) is 43.2 Å². The van der Waals surface area contributed by atoms with E-state index < -0.39 is 36.7 Å². The van der Waals surface area contributed by atoms with Crippen LogP contribution in [-0.2, 0) is 0 Å². The third kappa shape index (κ3) is 2.92. The molecule has 0 aliphatic carbocycles. The number of halogens is 3. The highest BCUT2D eigenvalue weighted by molar-refractivity contribution is 5.94. The van der Waals surface area contributed by atoms with Crippen LogP contribution >= 0.6 is 0 Å². The second kappa shape index (κ2) is 5.86. The van der Waals surface area contributed by atoms with Crippen molar-refractivity contribution < 1.29 is 28.2 Å². The average molecular weight is 378 g/mol. The molecule has 0 radical (unpaired) electrons. The minimum atomic E-state index is -3.09. The fourth-order valence-electron chi connectivity index (χ4n) is 3.30. The predicted octanol–water partition coefficient (Wildman–Crippen LogP) is 2.86. The van der Waals surface area contributed by atoms with Crippen LogP contribution in [0.3, 0.4) is 0 Å². The monoisotopic (exact) mass is 378 g/mol. The van der Waals surface area contributed by atoms with Crippen LogP contribution in [0.1, 0.15) is 28.4 Å². The molecular weight excluding hydrogens is 365 g/mol. The smallest absolute Gasteiger partial charge is 0.341 e. The van der Waals surface area contributed by atoms with Gasteiger partial charge in [0.1, 0.15) is 22.9 Å². The van der Waals surface area contributed by atoms with E-state index in [0.717, 1.165) is 24.4 Å². The zero-order chi connectivity index (χ0) is 19.3. The Hall–Kier alpha value is -3.30. The molecule has 1 fully saturated rings. The summed E-state index contributed by atoms with van der Waals surface area (Å²) in [4.78, 5) is 16.7. The van der Waals surface area contributed by atoms with Gasteiger partial charge in [-0.15, -0.1) is 0 Å². The van der Waals surface area contributed by atoms with Crippen molar-refractivity contribution in [3.8, 4) is 5.75 Å². The molecule has 3 heterocycles. The molecule has 1 aromatic carbocycles. The molecule has 1 unspecified atom stereocenters. The molecule has 1 atom stereocenters. The van der Waals surface area contributed by atoms with E-state index >= 15 is 0 Å². The van der Waals surface area contributed by atoms with Crippen molar-refractivity contribution in [2.24, 2.45) is 0 Å². The summed E-state index contributed by atoms with van der Waals surface area (Å²) >= 11 is 0. The van der Waals surface area contributed by atoms with Crippen molar-refractivity contribution in [3.05, 3.63) is 53.6 Å².